The molecule has 0 aliphatic carbocycles. The standard InChI is InChI=1S/C14H15ClN4O/c15-11-3-4-13(19-16)12(8-11)14(20)18-7-5-10-2-1-6-17-9-10/h1-4,6,8-9,19H,5,7,16H2,(H,18,20). The van der Waals surface area contributed by atoms with Crippen LogP contribution >= 0.6 is 11.6 Å². The van der Waals surface area contributed by atoms with Crippen molar-refractivity contribution in [1.82, 2.24) is 10.3 Å². The monoisotopic (exact) mass is 290 g/mol. The van der Waals surface area contributed by atoms with Gasteiger partial charge < -0.3 is 10.7 Å². The van der Waals surface area contributed by atoms with Crippen molar-refractivity contribution in [2.24, 2.45) is 5.84 Å². The first-order valence-corrected chi connectivity index (χ1v) is 6.52. The Bertz CT molecular complexity index is 589. The number of hydrogen-bond donors (Lipinski definition) is 3. The minimum Gasteiger partial charge on any atom is -0.352 e. The van der Waals surface area contributed by atoms with Gasteiger partial charge in [0, 0.05) is 24.0 Å². The van der Waals surface area contributed by atoms with E-state index in [1.54, 1.807) is 30.6 Å². The molecular weight excluding hydrogens is 276 g/mol. The second kappa shape index (κ2) is 6.88. The first kappa shape index (κ1) is 14.3. The van der Waals surface area contributed by atoms with Gasteiger partial charge in [0.1, 0.15) is 0 Å². The number of hydrazine groups is 1. The number of rotatable bonds is 5. The fourth-order valence-corrected chi connectivity index (χ4v) is 1.96. The summed E-state index contributed by atoms with van der Waals surface area (Å²) in [7, 11) is 0. The van der Waals surface area contributed by atoms with E-state index >= 15 is 0 Å². The van der Waals surface area contributed by atoms with Crippen LogP contribution in [0, 0.1) is 0 Å². The number of nitrogens with two attached hydrogens (primary N) is 1. The number of nitrogens with one attached hydrogen (secondary N) is 2. The molecule has 1 aromatic carbocycles. The molecule has 0 bridgehead atoms. The normalized spacial score (nSPS) is 10.1. The summed E-state index contributed by atoms with van der Waals surface area (Å²) >= 11 is 5.89. The minimum absolute atomic E-state index is 0.218. The van der Waals surface area contributed by atoms with E-state index in [9.17, 15) is 4.79 Å². The lowest BCUT2D eigenvalue weighted by molar-refractivity contribution is 0.0955. The number of benzene rings is 1. The molecule has 0 saturated carbocycles. The lowest BCUT2D eigenvalue weighted by Gasteiger charge is -2.10. The lowest BCUT2D eigenvalue weighted by atomic mass is 10.1. The van der Waals surface area contributed by atoms with Crippen molar-refractivity contribution < 1.29 is 4.79 Å². The molecule has 2 aromatic rings. The molecule has 1 aromatic heterocycles. The van der Waals surface area contributed by atoms with Gasteiger partial charge in [-0.05, 0) is 36.2 Å². The summed E-state index contributed by atoms with van der Waals surface area (Å²) in [4.78, 5) is 16.1. The highest BCUT2D eigenvalue weighted by Crippen LogP contribution is 2.19. The van der Waals surface area contributed by atoms with Crippen molar-refractivity contribution >= 4 is 23.2 Å². The van der Waals surface area contributed by atoms with Crippen molar-refractivity contribution in [3.8, 4) is 0 Å². The molecule has 1 amide bonds. The molecule has 4 N–H and O–H groups in total. The average molecular weight is 291 g/mol. The molecule has 0 spiro atoms. The van der Waals surface area contributed by atoms with Crippen LogP contribution in [0.4, 0.5) is 5.69 Å². The van der Waals surface area contributed by atoms with Crippen LogP contribution in [0.15, 0.2) is 42.7 Å². The molecule has 6 heteroatoms. The number of anilines is 1. The van der Waals surface area contributed by atoms with E-state index in [4.69, 9.17) is 17.4 Å². The highest BCUT2D eigenvalue weighted by molar-refractivity contribution is 6.31. The molecule has 2 rings (SSSR count). The smallest absolute Gasteiger partial charge is 0.253 e. The average Bonchev–Trinajstić information content (AvgIpc) is 2.48. The van der Waals surface area contributed by atoms with Gasteiger partial charge in [-0.15, -0.1) is 0 Å². The van der Waals surface area contributed by atoms with Crippen LogP contribution < -0.4 is 16.6 Å². The van der Waals surface area contributed by atoms with Gasteiger partial charge in [0.25, 0.3) is 5.91 Å². The maximum Gasteiger partial charge on any atom is 0.253 e. The summed E-state index contributed by atoms with van der Waals surface area (Å²) < 4.78 is 0. The maximum absolute atomic E-state index is 12.1. The van der Waals surface area contributed by atoms with Gasteiger partial charge in [0.15, 0.2) is 0 Å². The summed E-state index contributed by atoms with van der Waals surface area (Å²) in [6.07, 6.45) is 4.21. The zero-order valence-electron chi connectivity index (χ0n) is 10.8. The predicted octanol–water partition coefficient (Wildman–Crippen LogP) is 1.99. The zero-order chi connectivity index (χ0) is 14.4. The van der Waals surface area contributed by atoms with Crippen molar-refractivity contribution in [2.45, 2.75) is 6.42 Å². The van der Waals surface area contributed by atoms with E-state index in [-0.39, 0.29) is 5.91 Å². The van der Waals surface area contributed by atoms with Gasteiger partial charge in [-0.25, -0.2) is 0 Å². The second-order valence-corrected chi connectivity index (χ2v) is 4.64. The first-order chi connectivity index (χ1) is 9.70. The second-order valence-electron chi connectivity index (χ2n) is 4.20. The van der Waals surface area contributed by atoms with Crippen LogP contribution in [0.25, 0.3) is 0 Å². The molecule has 0 atom stereocenters. The third kappa shape index (κ3) is 3.69. The Morgan fingerprint density at radius 3 is 2.90 bits per heavy atom. The molecule has 0 radical (unpaired) electrons. The molecule has 0 saturated heterocycles. The number of hydrogen-bond acceptors (Lipinski definition) is 4. The SMILES string of the molecule is NNc1ccc(Cl)cc1C(=O)NCCc1cccnc1. The van der Waals surface area contributed by atoms with Crippen LogP contribution in [0.3, 0.4) is 0 Å². The van der Waals surface area contributed by atoms with Crippen molar-refractivity contribution in [2.75, 3.05) is 12.0 Å². The van der Waals surface area contributed by atoms with E-state index in [2.05, 4.69) is 15.7 Å². The number of carbonyl (C=O) groups is 1. The van der Waals surface area contributed by atoms with Crippen LogP contribution in [0.1, 0.15) is 15.9 Å². The van der Waals surface area contributed by atoms with Gasteiger partial charge in [-0.1, -0.05) is 17.7 Å². The molecule has 0 unspecified atom stereocenters. The van der Waals surface area contributed by atoms with Crippen LogP contribution in [-0.2, 0) is 6.42 Å². The first-order valence-electron chi connectivity index (χ1n) is 6.14. The Morgan fingerprint density at radius 1 is 1.35 bits per heavy atom. The fraction of sp³-hybridized carbons (Fsp3) is 0.143. The zero-order valence-corrected chi connectivity index (χ0v) is 11.5. The Morgan fingerprint density at radius 2 is 2.20 bits per heavy atom. The largest absolute Gasteiger partial charge is 0.352 e. The van der Waals surface area contributed by atoms with E-state index in [1.165, 1.54) is 0 Å². The number of amides is 1. The van der Waals surface area contributed by atoms with Crippen LogP contribution in [0.2, 0.25) is 5.02 Å². The molecule has 104 valence electrons. The number of aromatic nitrogens is 1. The Hall–Kier alpha value is -2.11. The van der Waals surface area contributed by atoms with Gasteiger partial charge in [-0.2, -0.15) is 0 Å². The summed E-state index contributed by atoms with van der Waals surface area (Å²) in [5.74, 6) is 5.16. The topological polar surface area (TPSA) is 80.0 Å². The summed E-state index contributed by atoms with van der Waals surface area (Å²) in [5.41, 5.74) is 4.51. The van der Waals surface area contributed by atoms with E-state index in [0.717, 1.165) is 5.56 Å². The third-order valence-corrected chi connectivity index (χ3v) is 3.04. The highest BCUT2D eigenvalue weighted by Gasteiger charge is 2.11. The van der Waals surface area contributed by atoms with E-state index < -0.39 is 0 Å². The minimum atomic E-state index is -0.218. The summed E-state index contributed by atoms with van der Waals surface area (Å²) in [5, 5.41) is 3.32. The van der Waals surface area contributed by atoms with Gasteiger partial charge >= 0.3 is 0 Å². The molecule has 5 nitrogen and oxygen atoms in total. The molecule has 0 aliphatic rings. The lowest BCUT2D eigenvalue weighted by Crippen LogP contribution is -2.27. The van der Waals surface area contributed by atoms with Crippen molar-refractivity contribution in [3.05, 3.63) is 58.9 Å². The summed E-state index contributed by atoms with van der Waals surface area (Å²) in [6, 6.07) is 8.74. The molecule has 1 heterocycles. The van der Waals surface area contributed by atoms with E-state index in [0.29, 0.717) is 29.2 Å². The predicted molar refractivity (Wildman–Crippen MR) is 79.5 cm³/mol. The number of nitrogens with zero attached hydrogens (tertiary/aromatic N) is 1. The molecule has 0 fully saturated rings. The molecule has 0 aliphatic heterocycles. The van der Waals surface area contributed by atoms with Gasteiger partial charge in [0.2, 0.25) is 0 Å². The number of halogens is 1. The summed E-state index contributed by atoms with van der Waals surface area (Å²) in [6.45, 7) is 0.515. The molecule has 20 heavy (non-hydrogen) atoms. The van der Waals surface area contributed by atoms with Crippen LogP contribution in [-0.4, -0.2) is 17.4 Å². The van der Waals surface area contributed by atoms with Gasteiger partial charge in [-0.3, -0.25) is 15.6 Å². The Labute approximate surface area is 122 Å². The van der Waals surface area contributed by atoms with Crippen molar-refractivity contribution in [3.63, 3.8) is 0 Å². The quantitative estimate of drug-likeness (QED) is 0.581. The fourth-order valence-electron chi connectivity index (χ4n) is 1.79. The van der Waals surface area contributed by atoms with Gasteiger partial charge in [0.05, 0.1) is 11.3 Å². The Kier molecular flexibility index (Phi) is 4.92. The van der Waals surface area contributed by atoms with Crippen LogP contribution in [0.5, 0.6) is 0 Å². The van der Waals surface area contributed by atoms with E-state index in [1.807, 2.05) is 12.1 Å². The Balaban J connectivity index is 1.97. The number of carbonyl (C=O) groups excluding carboxylic acids is 1. The third-order valence-electron chi connectivity index (χ3n) is 2.80. The molecular formula is C14H15ClN4O. The number of nitrogen functional groups attached to an aromatic ring is 1. The highest BCUT2D eigenvalue weighted by atomic mass is 35.5. The number of pyridine rings is 1. The maximum atomic E-state index is 12.1. The van der Waals surface area contributed by atoms with Crippen molar-refractivity contribution in [1.29, 1.82) is 0 Å².